The Morgan fingerprint density at radius 1 is 1.16 bits per heavy atom. The quantitative estimate of drug-likeness (QED) is 0.639. The highest BCUT2D eigenvalue weighted by Crippen LogP contribution is 2.23. The van der Waals surface area contributed by atoms with Gasteiger partial charge in [-0.25, -0.2) is 0 Å². The summed E-state index contributed by atoms with van der Waals surface area (Å²) in [4.78, 5) is 0. The van der Waals surface area contributed by atoms with E-state index in [1.54, 1.807) is 0 Å². The molecule has 0 aromatic heterocycles. The first-order valence-electron chi connectivity index (χ1n) is 6.92. The molecule has 0 saturated carbocycles. The Bertz CT molecular complexity index is 371. The molecule has 1 atom stereocenters. The molecular formula is C15H23Cl2NS. The third-order valence-electron chi connectivity index (χ3n) is 2.82. The molecule has 1 rings (SSSR count). The molecule has 0 bridgehead atoms. The summed E-state index contributed by atoms with van der Waals surface area (Å²) in [5.41, 5.74) is 1.25. The van der Waals surface area contributed by atoms with Gasteiger partial charge >= 0.3 is 0 Å². The highest BCUT2D eigenvalue weighted by atomic mass is 35.5. The van der Waals surface area contributed by atoms with Crippen LogP contribution in [0.1, 0.15) is 32.3 Å². The second kappa shape index (κ2) is 9.93. The Morgan fingerprint density at radius 3 is 2.58 bits per heavy atom. The topological polar surface area (TPSA) is 12.0 Å². The van der Waals surface area contributed by atoms with Crippen LogP contribution in [0.15, 0.2) is 18.2 Å². The van der Waals surface area contributed by atoms with E-state index in [9.17, 15) is 0 Å². The van der Waals surface area contributed by atoms with Gasteiger partial charge in [0, 0.05) is 11.8 Å². The summed E-state index contributed by atoms with van der Waals surface area (Å²) in [7, 11) is 0. The number of benzene rings is 1. The summed E-state index contributed by atoms with van der Waals surface area (Å²) in [5.74, 6) is 2.37. The molecule has 1 nitrogen and oxygen atoms in total. The van der Waals surface area contributed by atoms with Crippen LogP contribution in [0.3, 0.4) is 0 Å². The van der Waals surface area contributed by atoms with Crippen LogP contribution in [0.25, 0.3) is 0 Å². The summed E-state index contributed by atoms with van der Waals surface area (Å²) < 4.78 is 0. The van der Waals surface area contributed by atoms with Gasteiger partial charge in [-0.3, -0.25) is 0 Å². The maximum atomic E-state index is 6.07. The van der Waals surface area contributed by atoms with Crippen LogP contribution in [-0.4, -0.2) is 24.1 Å². The van der Waals surface area contributed by atoms with E-state index in [2.05, 4.69) is 25.2 Å². The SMILES string of the molecule is CCCNC(CSCCC)Cc1ccc(Cl)c(Cl)c1. The molecule has 4 heteroatoms. The van der Waals surface area contributed by atoms with Gasteiger partial charge in [0.15, 0.2) is 0 Å². The van der Waals surface area contributed by atoms with Crippen LogP contribution in [-0.2, 0) is 6.42 Å². The van der Waals surface area contributed by atoms with Crippen molar-refractivity contribution in [3.63, 3.8) is 0 Å². The average Bonchev–Trinajstić information content (AvgIpc) is 2.40. The van der Waals surface area contributed by atoms with Gasteiger partial charge in [-0.15, -0.1) is 0 Å². The summed E-state index contributed by atoms with van der Waals surface area (Å²) in [5, 5.41) is 4.89. The van der Waals surface area contributed by atoms with Crippen molar-refractivity contribution in [3.8, 4) is 0 Å². The Kier molecular flexibility index (Phi) is 8.97. The molecule has 0 amide bonds. The average molecular weight is 320 g/mol. The highest BCUT2D eigenvalue weighted by Gasteiger charge is 2.10. The fourth-order valence-corrected chi connectivity index (χ4v) is 3.16. The molecule has 0 aliphatic rings. The first-order chi connectivity index (χ1) is 9.17. The van der Waals surface area contributed by atoms with E-state index in [0.717, 1.165) is 25.1 Å². The summed E-state index contributed by atoms with van der Waals surface area (Å²) >= 11 is 14.0. The van der Waals surface area contributed by atoms with E-state index in [0.29, 0.717) is 16.1 Å². The molecule has 0 aliphatic carbocycles. The molecule has 19 heavy (non-hydrogen) atoms. The molecule has 0 fully saturated rings. The van der Waals surface area contributed by atoms with E-state index in [-0.39, 0.29) is 0 Å². The van der Waals surface area contributed by atoms with E-state index in [1.807, 2.05) is 23.9 Å². The van der Waals surface area contributed by atoms with Crippen molar-refractivity contribution in [1.82, 2.24) is 5.32 Å². The fraction of sp³-hybridized carbons (Fsp3) is 0.600. The zero-order chi connectivity index (χ0) is 14.1. The largest absolute Gasteiger partial charge is 0.313 e. The van der Waals surface area contributed by atoms with E-state index < -0.39 is 0 Å². The maximum absolute atomic E-state index is 6.07. The van der Waals surface area contributed by atoms with Gasteiger partial charge in [0.25, 0.3) is 0 Å². The Morgan fingerprint density at radius 2 is 1.95 bits per heavy atom. The number of nitrogens with one attached hydrogen (secondary N) is 1. The zero-order valence-electron chi connectivity index (χ0n) is 11.7. The van der Waals surface area contributed by atoms with Crippen molar-refractivity contribution in [3.05, 3.63) is 33.8 Å². The van der Waals surface area contributed by atoms with Gasteiger partial charge in [-0.2, -0.15) is 11.8 Å². The molecule has 0 spiro atoms. The summed E-state index contributed by atoms with van der Waals surface area (Å²) in [6.45, 7) is 5.49. The molecule has 1 aromatic carbocycles. The van der Waals surface area contributed by atoms with Crippen molar-refractivity contribution in [2.45, 2.75) is 39.2 Å². The highest BCUT2D eigenvalue weighted by molar-refractivity contribution is 7.99. The Balaban J connectivity index is 2.56. The molecule has 1 N–H and O–H groups in total. The lowest BCUT2D eigenvalue weighted by Gasteiger charge is -2.18. The van der Waals surface area contributed by atoms with E-state index >= 15 is 0 Å². The standard InChI is InChI=1S/C15H23Cl2NS/c1-3-7-18-13(11-19-8-4-2)9-12-5-6-14(16)15(17)10-12/h5-6,10,13,18H,3-4,7-9,11H2,1-2H3. The molecule has 0 heterocycles. The van der Waals surface area contributed by atoms with Gasteiger partial charge in [-0.05, 0) is 49.3 Å². The first-order valence-corrected chi connectivity index (χ1v) is 8.83. The van der Waals surface area contributed by atoms with E-state index in [1.165, 1.54) is 17.7 Å². The minimum Gasteiger partial charge on any atom is -0.313 e. The summed E-state index contributed by atoms with van der Waals surface area (Å²) in [6, 6.07) is 6.44. The van der Waals surface area contributed by atoms with Crippen LogP contribution in [0, 0.1) is 0 Å². The van der Waals surface area contributed by atoms with Gasteiger partial charge in [0.05, 0.1) is 10.0 Å². The van der Waals surface area contributed by atoms with Crippen LogP contribution >= 0.6 is 35.0 Å². The molecule has 1 aromatic rings. The monoisotopic (exact) mass is 319 g/mol. The lowest BCUT2D eigenvalue weighted by atomic mass is 10.1. The number of hydrogen-bond donors (Lipinski definition) is 1. The first kappa shape index (κ1) is 17.2. The smallest absolute Gasteiger partial charge is 0.0595 e. The third kappa shape index (κ3) is 6.89. The Labute approximate surface area is 131 Å². The summed E-state index contributed by atoms with van der Waals surface area (Å²) in [6.07, 6.45) is 3.40. The van der Waals surface area contributed by atoms with Crippen LogP contribution in [0.4, 0.5) is 0 Å². The van der Waals surface area contributed by atoms with Gasteiger partial charge in [0.1, 0.15) is 0 Å². The molecule has 0 saturated heterocycles. The zero-order valence-corrected chi connectivity index (χ0v) is 14.0. The second-order valence-corrected chi connectivity index (χ2v) is 6.64. The lowest BCUT2D eigenvalue weighted by Crippen LogP contribution is -2.34. The predicted octanol–water partition coefficient (Wildman–Crippen LogP) is 5.05. The van der Waals surface area contributed by atoms with Gasteiger partial charge < -0.3 is 5.32 Å². The third-order valence-corrected chi connectivity index (χ3v) is 4.89. The van der Waals surface area contributed by atoms with Gasteiger partial charge in [0.2, 0.25) is 0 Å². The molecule has 0 radical (unpaired) electrons. The second-order valence-electron chi connectivity index (χ2n) is 4.68. The van der Waals surface area contributed by atoms with Crippen molar-refractivity contribution >= 4 is 35.0 Å². The fourth-order valence-electron chi connectivity index (χ4n) is 1.86. The molecular weight excluding hydrogens is 297 g/mol. The normalized spacial score (nSPS) is 12.6. The van der Waals surface area contributed by atoms with Crippen molar-refractivity contribution < 1.29 is 0 Å². The lowest BCUT2D eigenvalue weighted by molar-refractivity contribution is 0.550. The number of rotatable bonds is 9. The predicted molar refractivity (Wildman–Crippen MR) is 89.9 cm³/mol. The Hall–Kier alpha value is 0.110. The van der Waals surface area contributed by atoms with Crippen molar-refractivity contribution in [2.75, 3.05) is 18.1 Å². The number of thioether (sulfide) groups is 1. The van der Waals surface area contributed by atoms with Crippen LogP contribution < -0.4 is 5.32 Å². The van der Waals surface area contributed by atoms with E-state index in [4.69, 9.17) is 23.2 Å². The molecule has 108 valence electrons. The number of hydrogen-bond acceptors (Lipinski definition) is 2. The maximum Gasteiger partial charge on any atom is 0.0595 e. The van der Waals surface area contributed by atoms with Crippen LogP contribution in [0.2, 0.25) is 10.0 Å². The van der Waals surface area contributed by atoms with Crippen molar-refractivity contribution in [1.29, 1.82) is 0 Å². The number of halogens is 2. The molecule has 0 aliphatic heterocycles. The van der Waals surface area contributed by atoms with Crippen molar-refractivity contribution in [2.24, 2.45) is 0 Å². The minimum atomic E-state index is 0.508. The van der Waals surface area contributed by atoms with Gasteiger partial charge in [-0.1, -0.05) is 43.1 Å². The molecule has 1 unspecified atom stereocenters. The van der Waals surface area contributed by atoms with Crippen LogP contribution in [0.5, 0.6) is 0 Å². The minimum absolute atomic E-state index is 0.508.